The lowest BCUT2D eigenvalue weighted by atomic mass is 10.1. The molecule has 1 fully saturated rings. The summed E-state index contributed by atoms with van der Waals surface area (Å²) in [5, 5.41) is 0. The maximum absolute atomic E-state index is 12.8. The lowest BCUT2D eigenvalue weighted by molar-refractivity contribution is 0.00617. The van der Waals surface area contributed by atoms with Gasteiger partial charge in [0, 0.05) is 42.5 Å². The number of nitrogens with zero attached hydrogens (tertiary/aromatic N) is 2. The van der Waals surface area contributed by atoms with E-state index in [0.717, 1.165) is 0 Å². The Kier molecular flexibility index (Phi) is 5.44. The number of nitrogens with two attached hydrogens (primary N) is 2. The molecule has 1 aliphatic rings. The van der Waals surface area contributed by atoms with Crippen molar-refractivity contribution in [3.05, 3.63) is 29.3 Å². The van der Waals surface area contributed by atoms with Crippen LogP contribution in [0.3, 0.4) is 0 Å². The highest BCUT2D eigenvalue weighted by atomic mass is 16.6. The Hall–Kier alpha value is -2.77. The summed E-state index contributed by atoms with van der Waals surface area (Å²) in [4.78, 5) is 39.7. The molecule has 1 aromatic rings. The second kappa shape index (κ2) is 7.23. The van der Waals surface area contributed by atoms with Gasteiger partial charge in [0.2, 0.25) is 5.91 Å². The molecule has 8 heteroatoms. The molecule has 2 rings (SSSR count). The van der Waals surface area contributed by atoms with Crippen molar-refractivity contribution < 1.29 is 19.1 Å². The van der Waals surface area contributed by atoms with Gasteiger partial charge in [-0.2, -0.15) is 0 Å². The van der Waals surface area contributed by atoms with Crippen molar-refractivity contribution >= 4 is 23.6 Å². The van der Waals surface area contributed by atoms with E-state index < -0.39 is 17.6 Å². The van der Waals surface area contributed by atoms with Crippen LogP contribution in [0.2, 0.25) is 0 Å². The molecule has 0 aliphatic carbocycles. The first-order valence-electron chi connectivity index (χ1n) is 8.47. The number of hydrogen-bond donors (Lipinski definition) is 2. The molecule has 1 unspecified atom stereocenters. The van der Waals surface area contributed by atoms with Crippen LogP contribution in [0.25, 0.3) is 0 Å². The molecule has 0 saturated carbocycles. The van der Waals surface area contributed by atoms with Gasteiger partial charge in [-0.3, -0.25) is 9.59 Å². The van der Waals surface area contributed by atoms with Gasteiger partial charge in [0.15, 0.2) is 0 Å². The van der Waals surface area contributed by atoms with Gasteiger partial charge < -0.3 is 26.0 Å². The minimum Gasteiger partial charge on any atom is -0.444 e. The largest absolute Gasteiger partial charge is 0.444 e. The van der Waals surface area contributed by atoms with E-state index in [-0.39, 0.29) is 17.5 Å². The highest BCUT2D eigenvalue weighted by Gasteiger charge is 2.32. The predicted octanol–water partition coefficient (Wildman–Crippen LogP) is 1.45. The van der Waals surface area contributed by atoms with Gasteiger partial charge in [-0.05, 0) is 45.9 Å². The number of ether oxygens (including phenoxy) is 1. The van der Waals surface area contributed by atoms with Crippen molar-refractivity contribution in [2.24, 2.45) is 5.73 Å². The number of nitrogen functional groups attached to an aromatic ring is 1. The van der Waals surface area contributed by atoms with Crippen molar-refractivity contribution in [1.29, 1.82) is 0 Å². The average Bonchev–Trinajstić information content (AvgIpc) is 2.51. The Morgan fingerprint density at radius 1 is 1.12 bits per heavy atom. The van der Waals surface area contributed by atoms with Gasteiger partial charge >= 0.3 is 6.09 Å². The lowest BCUT2D eigenvalue weighted by Crippen LogP contribution is -2.56. The maximum Gasteiger partial charge on any atom is 0.410 e. The van der Waals surface area contributed by atoms with Gasteiger partial charge in [0.25, 0.3) is 5.91 Å². The minimum atomic E-state index is -0.644. The van der Waals surface area contributed by atoms with E-state index in [4.69, 9.17) is 16.2 Å². The molecule has 1 heterocycles. The Morgan fingerprint density at radius 2 is 1.73 bits per heavy atom. The molecule has 4 N–H and O–H groups in total. The van der Waals surface area contributed by atoms with Crippen molar-refractivity contribution in [2.45, 2.75) is 39.3 Å². The Bertz CT molecular complexity index is 726. The second-order valence-corrected chi connectivity index (χ2v) is 7.48. The number of rotatable bonds is 2. The van der Waals surface area contributed by atoms with Crippen LogP contribution in [0.4, 0.5) is 10.5 Å². The Labute approximate surface area is 153 Å². The molecule has 1 aromatic carbocycles. The van der Waals surface area contributed by atoms with Crippen LogP contribution in [0, 0.1) is 0 Å². The van der Waals surface area contributed by atoms with Crippen molar-refractivity contribution in [1.82, 2.24) is 9.80 Å². The quantitative estimate of drug-likeness (QED) is 0.772. The lowest BCUT2D eigenvalue weighted by Gasteiger charge is -2.40. The molecule has 3 amide bonds. The van der Waals surface area contributed by atoms with Crippen molar-refractivity contribution in [3.63, 3.8) is 0 Å². The number of carbonyl (C=O) groups excluding carboxylic acids is 3. The van der Waals surface area contributed by atoms with E-state index in [9.17, 15) is 14.4 Å². The third-order valence-corrected chi connectivity index (χ3v) is 4.03. The van der Waals surface area contributed by atoms with Crippen molar-refractivity contribution in [3.8, 4) is 0 Å². The summed E-state index contributed by atoms with van der Waals surface area (Å²) in [6, 6.07) is 4.18. The SMILES string of the molecule is CC1CN(C(=O)OC(C)(C)C)CCN1C(=O)c1cc(N)cc(C(N)=O)c1. The number of primary amides is 1. The third kappa shape index (κ3) is 4.65. The molecule has 0 spiro atoms. The number of anilines is 1. The fourth-order valence-corrected chi connectivity index (χ4v) is 2.83. The topological polar surface area (TPSA) is 119 Å². The average molecular weight is 362 g/mol. The number of hydrogen-bond acceptors (Lipinski definition) is 5. The fraction of sp³-hybridized carbons (Fsp3) is 0.500. The minimum absolute atomic E-state index is 0.188. The monoisotopic (exact) mass is 362 g/mol. The number of benzene rings is 1. The number of piperazine rings is 1. The molecular formula is C18H26N4O4. The highest BCUT2D eigenvalue weighted by Crippen LogP contribution is 2.19. The molecular weight excluding hydrogens is 336 g/mol. The highest BCUT2D eigenvalue weighted by molar-refractivity contribution is 6.00. The summed E-state index contributed by atoms with van der Waals surface area (Å²) < 4.78 is 5.38. The van der Waals surface area contributed by atoms with Gasteiger partial charge in [-0.1, -0.05) is 0 Å². The van der Waals surface area contributed by atoms with Gasteiger partial charge in [0.1, 0.15) is 5.60 Å². The van der Waals surface area contributed by atoms with E-state index in [1.165, 1.54) is 18.2 Å². The predicted molar refractivity (Wildman–Crippen MR) is 97.7 cm³/mol. The first-order chi connectivity index (χ1) is 12.0. The van der Waals surface area contributed by atoms with Crippen LogP contribution in [-0.4, -0.2) is 59.0 Å². The standard InChI is InChI=1S/C18H26N4O4/c1-11-10-21(17(25)26-18(2,3)4)5-6-22(11)16(24)13-7-12(15(20)23)8-14(19)9-13/h7-9,11H,5-6,10,19H2,1-4H3,(H2,20,23). The molecule has 26 heavy (non-hydrogen) atoms. The summed E-state index contributed by atoms with van der Waals surface area (Å²) in [5.74, 6) is -0.898. The van der Waals surface area contributed by atoms with Crippen LogP contribution < -0.4 is 11.5 Å². The van der Waals surface area contributed by atoms with Crippen LogP contribution in [0.15, 0.2) is 18.2 Å². The fourth-order valence-electron chi connectivity index (χ4n) is 2.83. The van der Waals surface area contributed by atoms with Crippen LogP contribution in [-0.2, 0) is 4.74 Å². The van der Waals surface area contributed by atoms with Crippen LogP contribution >= 0.6 is 0 Å². The van der Waals surface area contributed by atoms with Gasteiger partial charge in [-0.25, -0.2) is 4.79 Å². The summed E-state index contributed by atoms with van der Waals surface area (Å²) >= 11 is 0. The molecule has 8 nitrogen and oxygen atoms in total. The summed E-state index contributed by atoms with van der Waals surface area (Å²) in [5.41, 5.74) is 11.3. The summed E-state index contributed by atoms with van der Waals surface area (Å²) in [7, 11) is 0. The van der Waals surface area contributed by atoms with E-state index in [0.29, 0.717) is 30.9 Å². The maximum atomic E-state index is 12.8. The smallest absolute Gasteiger partial charge is 0.410 e. The molecule has 1 saturated heterocycles. The van der Waals surface area contributed by atoms with E-state index in [1.807, 2.05) is 27.7 Å². The molecule has 0 aromatic heterocycles. The zero-order chi connectivity index (χ0) is 19.6. The summed E-state index contributed by atoms with van der Waals surface area (Å²) in [6.45, 7) is 8.38. The zero-order valence-electron chi connectivity index (χ0n) is 15.6. The Morgan fingerprint density at radius 3 is 2.27 bits per heavy atom. The van der Waals surface area contributed by atoms with Gasteiger partial charge in [-0.15, -0.1) is 0 Å². The molecule has 0 radical (unpaired) electrons. The first kappa shape index (κ1) is 19.6. The summed E-state index contributed by atoms with van der Waals surface area (Å²) in [6.07, 6.45) is -0.392. The normalized spacial score (nSPS) is 17.8. The van der Waals surface area contributed by atoms with Crippen LogP contribution in [0.5, 0.6) is 0 Å². The van der Waals surface area contributed by atoms with Crippen molar-refractivity contribution in [2.75, 3.05) is 25.4 Å². The number of carbonyl (C=O) groups is 3. The van der Waals surface area contributed by atoms with Crippen LogP contribution in [0.1, 0.15) is 48.4 Å². The second-order valence-electron chi connectivity index (χ2n) is 7.48. The molecule has 0 bridgehead atoms. The van der Waals surface area contributed by atoms with Gasteiger partial charge in [0.05, 0.1) is 0 Å². The third-order valence-electron chi connectivity index (χ3n) is 4.03. The molecule has 1 aliphatic heterocycles. The Balaban J connectivity index is 2.11. The first-order valence-corrected chi connectivity index (χ1v) is 8.47. The number of amides is 3. The van der Waals surface area contributed by atoms with E-state index >= 15 is 0 Å². The van der Waals surface area contributed by atoms with E-state index in [1.54, 1.807) is 9.80 Å². The zero-order valence-corrected chi connectivity index (χ0v) is 15.6. The van der Waals surface area contributed by atoms with E-state index in [2.05, 4.69) is 0 Å². The molecule has 1 atom stereocenters. The molecule has 142 valence electrons.